The van der Waals surface area contributed by atoms with E-state index in [9.17, 15) is 4.79 Å². The molecule has 8 nitrogen and oxygen atoms in total. The summed E-state index contributed by atoms with van der Waals surface area (Å²) < 4.78 is 6.81. The molecule has 1 aromatic carbocycles. The molecule has 0 atom stereocenters. The van der Waals surface area contributed by atoms with Crippen LogP contribution in [0, 0.1) is 0 Å². The van der Waals surface area contributed by atoms with E-state index < -0.39 is 0 Å². The van der Waals surface area contributed by atoms with Crippen molar-refractivity contribution in [2.24, 2.45) is 0 Å². The Kier molecular flexibility index (Phi) is 7.17. The van der Waals surface area contributed by atoms with Crippen LogP contribution in [0.4, 0.5) is 10.9 Å². The largest absolute Gasteiger partial charge is 0.383 e. The Morgan fingerprint density at radius 2 is 1.97 bits per heavy atom. The van der Waals surface area contributed by atoms with E-state index in [0.29, 0.717) is 13.2 Å². The molecule has 0 saturated heterocycles. The summed E-state index contributed by atoms with van der Waals surface area (Å²) in [5.41, 5.74) is 3.06. The lowest BCUT2D eigenvalue weighted by molar-refractivity contribution is -0.119. The van der Waals surface area contributed by atoms with Crippen LogP contribution in [-0.4, -0.2) is 59.9 Å². The topological polar surface area (TPSA) is 83.8 Å². The van der Waals surface area contributed by atoms with Gasteiger partial charge in [-0.2, -0.15) is 4.52 Å². The molecule has 31 heavy (non-hydrogen) atoms. The molecule has 3 aromatic rings. The zero-order valence-corrected chi connectivity index (χ0v) is 20.0. The fourth-order valence-electron chi connectivity index (χ4n) is 3.09. The summed E-state index contributed by atoms with van der Waals surface area (Å²) in [6.45, 7) is 9.68. The maximum absolute atomic E-state index is 12.1. The lowest BCUT2D eigenvalue weighted by Crippen LogP contribution is -2.36. The molecule has 0 aliphatic carbocycles. The number of likely N-dealkylation sites (N-methyl/N-ethyl adjacent to an activating group) is 1. The van der Waals surface area contributed by atoms with E-state index in [1.165, 1.54) is 16.9 Å². The lowest BCUT2D eigenvalue weighted by Gasteiger charge is -2.22. The lowest BCUT2D eigenvalue weighted by atomic mass is 10.1. The van der Waals surface area contributed by atoms with Crippen LogP contribution in [0.5, 0.6) is 0 Å². The second kappa shape index (κ2) is 9.65. The molecule has 0 fully saturated rings. The highest BCUT2D eigenvalue weighted by molar-refractivity contribution is 7.20. The molecular weight excluding hydrogens is 412 g/mol. The molecule has 0 bridgehead atoms. The van der Waals surface area contributed by atoms with Crippen LogP contribution in [0.25, 0.3) is 16.2 Å². The number of ether oxygens (including phenoxy) is 1. The maximum Gasteiger partial charge on any atom is 0.239 e. The number of anilines is 2. The van der Waals surface area contributed by atoms with Gasteiger partial charge in [0.15, 0.2) is 5.82 Å². The van der Waals surface area contributed by atoms with Gasteiger partial charge < -0.3 is 20.3 Å². The standard InChI is InChI=1S/C22H32N6O2S/c1-7-15-8-10-16(11-9-15)18-19(25-22(2,3)4)28-20(24-18)31-21(26-28)27(5)14-17(29)23-12-13-30-6/h8-11,25H,7,12-14H2,1-6H3,(H,23,29). The number of amides is 1. The molecule has 9 heteroatoms. The second-order valence-corrected chi connectivity index (χ2v) is 9.45. The summed E-state index contributed by atoms with van der Waals surface area (Å²) in [4.78, 5) is 19.6. The van der Waals surface area contributed by atoms with Gasteiger partial charge in [-0.3, -0.25) is 4.79 Å². The Balaban J connectivity index is 1.90. The quantitative estimate of drug-likeness (QED) is 0.492. The van der Waals surface area contributed by atoms with Crippen LogP contribution < -0.4 is 15.5 Å². The fourth-order valence-corrected chi connectivity index (χ4v) is 3.95. The molecule has 2 aromatic heterocycles. The monoisotopic (exact) mass is 444 g/mol. The van der Waals surface area contributed by atoms with E-state index in [1.807, 2.05) is 16.5 Å². The highest BCUT2D eigenvalue weighted by Crippen LogP contribution is 2.34. The molecule has 2 heterocycles. The third-order valence-electron chi connectivity index (χ3n) is 4.66. The van der Waals surface area contributed by atoms with Crippen molar-refractivity contribution in [3.8, 4) is 11.3 Å². The van der Waals surface area contributed by atoms with Gasteiger partial charge in [0.05, 0.1) is 13.2 Å². The maximum atomic E-state index is 12.1. The van der Waals surface area contributed by atoms with E-state index in [4.69, 9.17) is 14.8 Å². The van der Waals surface area contributed by atoms with E-state index in [1.54, 1.807) is 7.11 Å². The van der Waals surface area contributed by atoms with E-state index in [0.717, 1.165) is 33.6 Å². The minimum absolute atomic E-state index is 0.0721. The number of aryl methyl sites for hydroxylation is 1. The van der Waals surface area contributed by atoms with E-state index >= 15 is 0 Å². The zero-order chi connectivity index (χ0) is 22.6. The van der Waals surface area contributed by atoms with Gasteiger partial charge >= 0.3 is 0 Å². The van der Waals surface area contributed by atoms with Crippen LogP contribution in [0.2, 0.25) is 0 Å². The van der Waals surface area contributed by atoms with Crippen LogP contribution >= 0.6 is 11.3 Å². The van der Waals surface area contributed by atoms with Crippen LogP contribution in [0.3, 0.4) is 0 Å². The summed E-state index contributed by atoms with van der Waals surface area (Å²) >= 11 is 1.46. The predicted octanol–water partition coefficient (Wildman–Crippen LogP) is 3.43. The molecule has 0 radical (unpaired) electrons. The van der Waals surface area contributed by atoms with E-state index in [-0.39, 0.29) is 18.0 Å². The molecule has 2 N–H and O–H groups in total. The average Bonchev–Trinajstić information content (AvgIpc) is 3.27. The fraction of sp³-hybridized carbons (Fsp3) is 0.500. The molecule has 168 valence electrons. The molecule has 0 unspecified atom stereocenters. The number of imidazole rings is 1. The highest BCUT2D eigenvalue weighted by atomic mass is 32.1. The van der Waals surface area contributed by atoms with E-state index in [2.05, 4.69) is 62.6 Å². The molecule has 0 spiro atoms. The van der Waals surface area contributed by atoms with Gasteiger partial charge in [0.1, 0.15) is 5.69 Å². The van der Waals surface area contributed by atoms with Gasteiger partial charge in [0.25, 0.3) is 0 Å². The minimum Gasteiger partial charge on any atom is -0.383 e. The van der Waals surface area contributed by atoms with Crippen molar-refractivity contribution < 1.29 is 9.53 Å². The number of aromatic nitrogens is 3. The highest BCUT2D eigenvalue weighted by Gasteiger charge is 2.23. The summed E-state index contributed by atoms with van der Waals surface area (Å²) in [6.07, 6.45) is 1.00. The van der Waals surface area contributed by atoms with Crippen LogP contribution in [-0.2, 0) is 16.0 Å². The van der Waals surface area contributed by atoms with Crippen molar-refractivity contribution in [2.45, 2.75) is 39.7 Å². The number of nitrogens with one attached hydrogen (secondary N) is 2. The van der Waals surface area contributed by atoms with Crippen molar-refractivity contribution in [3.63, 3.8) is 0 Å². The third kappa shape index (κ3) is 5.74. The molecule has 3 rings (SSSR count). The SMILES string of the molecule is CCc1ccc(-c2nc3sc(N(C)CC(=O)NCCOC)nn3c2NC(C)(C)C)cc1. The predicted molar refractivity (Wildman–Crippen MR) is 127 cm³/mol. The second-order valence-electron chi connectivity index (χ2n) is 8.51. The van der Waals surface area contributed by atoms with Crippen molar-refractivity contribution in [1.82, 2.24) is 19.9 Å². The number of nitrogens with zero attached hydrogens (tertiary/aromatic N) is 4. The molecule has 0 aliphatic rings. The number of methoxy groups -OCH3 is 1. The molecule has 1 amide bonds. The Morgan fingerprint density at radius 1 is 1.26 bits per heavy atom. The Hall–Kier alpha value is -2.65. The summed E-state index contributed by atoms with van der Waals surface area (Å²) in [5, 5.41) is 11.9. The third-order valence-corrected chi connectivity index (χ3v) is 5.68. The van der Waals surface area contributed by atoms with Gasteiger partial charge in [-0.15, -0.1) is 5.10 Å². The normalized spacial score (nSPS) is 11.7. The molecule has 0 aliphatic heterocycles. The van der Waals surface area contributed by atoms with Crippen LogP contribution in [0.1, 0.15) is 33.3 Å². The number of hydrogen-bond donors (Lipinski definition) is 2. The zero-order valence-electron chi connectivity index (χ0n) is 19.2. The molecular formula is C22H32N6O2S. The number of carbonyl (C=O) groups excluding carboxylic acids is 1. The smallest absolute Gasteiger partial charge is 0.239 e. The van der Waals surface area contributed by atoms with Crippen molar-refractivity contribution in [3.05, 3.63) is 29.8 Å². The number of rotatable bonds is 9. The van der Waals surface area contributed by atoms with Gasteiger partial charge in [-0.05, 0) is 32.8 Å². The molecule has 0 saturated carbocycles. The average molecular weight is 445 g/mol. The van der Waals surface area contributed by atoms with Gasteiger partial charge in [0.2, 0.25) is 16.0 Å². The Labute approximate surface area is 187 Å². The summed E-state index contributed by atoms with van der Waals surface area (Å²) in [6, 6.07) is 8.49. The summed E-state index contributed by atoms with van der Waals surface area (Å²) in [7, 11) is 3.47. The Morgan fingerprint density at radius 3 is 2.58 bits per heavy atom. The Bertz CT molecular complexity index is 1020. The van der Waals surface area contributed by atoms with Gasteiger partial charge in [-0.25, -0.2) is 4.98 Å². The summed E-state index contributed by atoms with van der Waals surface area (Å²) in [5.74, 6) is 0.782. The van der Waals surface area contributed by atoms with Crippen molar-refractivity contribution in [2.75, 3.05) is 44.1 Å². The first kappa shape index (κ1) is 23.0. The first-order valence-electron chi connectivity index (χ1n) is 10.5. The van der Waals surface area contributed by atoms with Gasteiger partial charge in [-0.1, -0.05) is 42.5 Å². The number of fused-ring (bicyclic) bond motifs is 1. The van der Waals surface area contributed by atoms with Crippen LogP contribution in [0.15, 0.2) is 24.3 Å². The number of carbonyl (C=O) groups is 1. The van der Waals surface area contributed by atoms with Gasteiger partial charge in [0, 0.05) is 31.8 Å². The van der Waals surface area contributed by atoms with Crippen molar-refractivity contribution in [1.29, 1.82) is 0 Å². The first-order valence-corrected chi connectivity index (χ1v) is 11.3. The number of hydrogen-bond acceptors (Lipinski definition) is 7. The van der Waals surface area contributed by atoms with Crippen molar-refractivity contribution >= 4 is 33.2 Å². The minimum atomic E-state index is -0.162. The first-order chi connectivity index (χ1) is 14.7. The number of benzene rings is 1.